The molecular weight excluding hydrogens is 230 g/mol. The fourth-order valence-corrected chi connectivity index (χ4v) is 2.92. The molecule has 1 rings (SSSR count). The van der Waals surface area contributed by atoms with Gasteiger partial charge in [-0.3, -0.25) is 0 Å². The highest BCUT2D eigenvalue weighted by Gasteiger charge is 2.09. The largest absolute Gasteiger partial charge is 0.393 e. The van der Waals surface area contributed by atoms with Crippen molar-refractivity contribution in [3.05, 3.63) is 15.6 Å². The van der Waals surface area contributed by atoms with Gasteiger partial charge in [-0.15, -0.1) is 11.3 Å². The molecule has 1 N–H and O–H groups in total. The minimum atomic E-state index is -0.207. The van der Waals surface area contributed by atoms with E-state index < -0.39 is 0 Å². The van der Waals surface area contributed by atoms with Crippen LogP contribution < -0.4 is 0 Å². The maximum Gasteiger partial charge on any atom is 0.0956 e. The lowest BCUT2D eigenvalue weighted by molar-refractivity contribution is 0.161. The Morgan fingerprint density at radius 3 is 2.47 bits per heavy atom. The van der Waals surface area contributed by atoms with Crippen molar-refractivity contribution in [2.45, 2.75) is 71.8 Å². The Labute approximate surface area is 109 Å². The van der Waals surface area contributed by atoms with E-state index in [1.54, 1.807) is 11.3 Å². The lowest BCUT2D eigenvalue weighted by Crippen LogP contribution is -2.10. The summed E-state index contributed by atoms with van der Waals surface area (Å²) >= 11 is 1.72. The predicted molar refractivity (Wildman–Crippen MR) is 74.7 cm³/mol. The third-order valence-corrected chi connectivity index (χ3v) is 4.22. The van der Waals surface area contributed by atoms with E-state index in [0.29, 0.717) is 0 Å². The van der Waals surface area contributed by atoms with Crippen molar-refractivity contribution >= 4 is 11.3 Å². The first-order valence-electron chi connectivity index (χ1n) is 6.74. The lowest BCUT2D eigenvalue weighted by Gasteiger charge is -2.08. The van der Waals surface area contributed by atoms with Crippen LogP contribution in [0.5, 0.6) is 0 Å². The smallest absolute Gasteiger partial charge is 0.0956 e. The highest BCUT2D eigenvalue weighted by molar-refractivity contribution is 7.11. The maximum atomic E-state index is 9.93. The molecule has 1 aromatic rings. The fraction of sp³-hybridized carbons (Fsp3) is 0.786. The van der Waals surface area contributed by atoms with Crippen LogP contribution in [-0.2, 0) is 6.42 Å². The van der Waals surface area contributed by atoms with E-state index in [4.69, 9.17) is 0 Å². The van der Waals surface area contributed by atoms with Crippen molar-refractivity contribution < 1.29 is 5.11 Å². The molecule has 1 unspecified atom stereocenters. The van der Waals surface area contributed by atoms with Crippen LogP contribution in [0.15, 0.2) is 0 Å². The summed E-state index contributed by atoms with van der Waals surface area (Å²) < 4.78 is 0. The summed E-state index contributed by atoms with van der Waals surface area (Å²) in [6.45, 7) is 6.35. The summed E-state index contributed by atoms with van der Waals surface area (Å²) in [5.41, 5.74) is 1.11. The molecule has 0 aliphatic rings. The fourth-order valence-electron chi connectivity index (χ4n) is 1.91. The molecule has 98 valence electrons. The number of aliphatic hydroxyl groups excluding tert-OH is 1. The molecule has 0 fully saturated rings. The predicted octanol–water partition coefficient (Wildman–Crippen LogP) is 4.02. The quantitative estimate of drug-likeness (QED) is 0.712. The van der Waals surface area contributed by atoms with Gasteiger partial charge in [0.25, 0.3) is 0 Å². The van der Waals surface area contributed by atoms with Gasteiger partial charge in [0.05, 0.1) is 16.8 Å². The van der Waals surface area contributed by atoms with Crippen LogP contribution >= 0.6 is 11.3 Å². The highest BCUT2D eigenvalue weighted by atomic mass is 32.1. The van der Waals surface area contributed by atoms with Crippen molar-refractivity contribution in [1.82, 2.24) is 4.98 Å². The summed E-state index contributed by atoms with van der Waals surface area (Å²) in [5, 5.41) is 11.0. The van der Waals surface area contributed by atoms with Gasteiger partial charge in [-0.25, -0.2) is 4.98 Å². The van der Waals surface area contributed by atoms with Gasteiger partial charge in [-0.1, -0.05) is 39.0 Å². The number of aromatic nitrogens is 1. The van der Waals surface area contributed by atoms with E-state index in [1.807, 2.05) is 6.92 Å². The van der Waals surface area contributed by atoms with Crippen molar-refractivity contribution in [1.29, 1.82) is 0 Å². The third-order valence-electron chi connectivity index (χ3n) is 3.12. The summed E-state index contributed by atoms with van der Waals surface area (Å²) in [7, 11) is 0. The lowest BCUT2D eigenvalue weighted by atomic mass is 10.1. The van der Waals surface area contributed by atoms with E-state index >= 15 is 0 Å². The number of rotatable bonds is 8. The second kappa shape index (κ2) is 7.83. The number of nitrogens with zero attached hydrogens (tertiary/aromatic N) is 1. The van der Waals surface area contributed by atoms with Gasteiger partial charge in [0, 0.05) is 11.3 Å². The Morgan fingerprint density at radius 2 is 1.88 bits per heavy atom. The van der Waals surface area contributed by atoms with Gasteiger partial charge in [0.2, 0.25) is 0 Å². The number of unbranched alkanes of at least 4 members (excludes halogenated alkanes) is 4. The molecule has 17 heavy (non-hydrogen) atoms. The SMILES string of the molecule is CCCCCCCC(O)Cc1nc(C)c(C)s1. The first-order chi connectivity index (χ1) is 8.13. The third kappa shape index (κ3) is 5.64. The molecule has 0 spiro atoms. The Morgan fingerprint density at radius 1 is 1.18 bits per heavy atom. The average molecular weight is 255 g/mol. The summed E-state index contributed by atoms with van der Waals surface area (Å²) in [5.74, 6) is 0. The van der Waals surface area contributed by atoms with Crippen LogP contribution in [0.1, 0.15) is 61.0 Å². The molecule has 1 heterocycles. The summed E-state index contributed by atoms with van der Waals surface area (Å²) in [6, 6.07) is 0. The van der Waals surface area contributed by atoms with E-state index in [9.17, 15) is 5.11 Å². The van der Waals surface area contributed by atoms with Crippen molar-refractivity contribution in [3.63, 3.8) is 0 Å². The highest BCUT2D eigenvalue weighted by Crippen LogP contribution is 2.19. The molecule has 0 saturated heterocycles. The van der Waals surface area contributed by atoms with Crippen LogP contribution in [-0.4, -0.2) is 16.2 Å². The van der Waals surface area contributed by atoms with E-state index in [0.717, 1.165) is 30.0 Å². The molecular formula is C14H25NOS. The monoisotopic (exact) mass is 255 g/mol. The Hall–Kier alpha value is -0.410. The molecule has 1 aromatic heterocycles. The standard InChI is InChI=1S/C14H25NOS/c1-4-5-6-7-8-9-13(16)10-14-15-11(2)12(3)17-14/h13,16H,4-10H2,1-3H3. The molecule has 0 aliphatic carbocycles. The van der Waals surface area contributed by atoms with E-state index in [1.165, 1.54) is 30.6 Å². The number of aliphatic hydroxyl groups is 1. The summed E-state index contributed by atoms with van der Waals surface area (Å²) in [4.78, 5) is 5.74. The molecule has 1 atom stereocenters. The average Bonchev–Trinajstić information content (AvgIpc) is 2.57. The van der Waals surface area contributed by atoms with Crippen molar-refractivity contribution in [2.75, 3.05) is 0 Å². The van der Waals surface area contributed by atoms with Crippen LogP contribution in [0, 0.1) is 13.8 Å². The first kappa shape index (κ1) is 14.7. The van der Waals surface area contributed by atoms with Gasteiger partial charge in [0.15, 0.2) is 0 Å². The second-order valence-corrected chi connectivity index (χ2v) is 6.10. The maximum absolute atomic E-state index is 9.93. The van der Waals surface area contributed by atoms with Crippen molar-refractivity contribution in [3.8, 4) is 0 Å². The van der Waals surface area contributed by atoms with Gasteiger partial charge in [0.1, 0.15) is 0 Å². The molecule has 0 amide bonds. The van der Waals surface area contributed by atoms with Crippen LogP contribution in [0.25, 0.3) is 0 Å². The molecule has 0 radical (unpaired) electrons. The normalized spacial score (nSPS) is 12.9. The number of thiazole rings is 1. The molecule has 2 nitrogen and oxygen atoms in total. The molecule has 0 aromatic carbocycles. The second-order valence-electron chi connectivity index (χ2n) is 4.81. The minimum Gasteiger partial charge on any atom is -0.393 e. The first-order valence-corrected chi connectivity index (χ1v) is 7.56. The van der Waals surface area contributed by atoms with Crippen LogP contribution in [0.3, 0.4) is 0 Å². The zero-order valence-corrected chi connectivity index (χ0v) is 12.1. The Kier molecular flexibility index (Phi) is 6.75. The minimum absolute atomic E-state index is 0.207. The van der Waals surface area contributed by atoms with Gasteiger partial charge >= 0.3 is 0 Å². The molecule has 0 saturated carbocycles. The van der Waals surface area contributed by atoms with Gasteiger partial charge < -0.3 is 5.11 Å². The van der Waals surface area contributed by atoms with Gasteiger partial charge in [-0.05, 0) is 20.3 Å². The number of hydrogen-bond donors (Lipinski definition) is 1. The molecule has 0 bridgehead atoms. The molecule has 0 aliphatic heterocycles. The van der Waals surface area contributed by atoms with Gasteiger partial charge in [-0.2, -0.15) is 0 Å². The van der Waals surface area contributed by atoms with Crippen LogP contribution in [0.4, 0.5) is 0 Å². The topological polar surface area (TPSA) is 33.1 Å². The zero-order chi connectivity index (χ0) is 12.7. The van der Waals surface area contributed by atoms with E-state index in [-0.39, 0.29) is 6.10 Å². The Balaban J connectivity index is 2.18. The summed E-state index contributed by atoms with van der Waals surface area (Å²) in [6.07, 6.45) is 7.74. The zero-order valence-electron chi connectivity index (χ0n) is 11.3. The van der Waals surface area contributed by atoms with Crippen molar-refractivity contribution in [2.24, 2.45) is 0 Å². The Bertz CT molecular complexity index is 303. The van der Waals surface area contributed by atoms with E-state index in [2.05, 4.69) is 18.8 Å². The number of hydrogen-bond acceptors (Lipinski definition) is 3. The van der Waals surface area contributed by atoms with Crippen LogP contribution in [0.2, 0.25) is 0 Å². The molecule has 3 heteroatoms. The number of aryl methyl sites for hydroxylation is 2.